The monoisotopic (exact) mass is 620 g/mol. The molecule has 2 aromatic rings. The number of benzene rings is 2. The summed E-state index contributed by atoms with van der Waals surface area (Å²) in [6, 6.07) is 11.5. The maximum atomic E-state index is 10.8. The Bertz CT molecular complexity index is 1120. The van der Waals surface area contributed by atoms with Crippen molar-refractivity contribution in [2.75, 3.05) is 73.1 Å². The number of non-ortho nitro benzene ring substituents is 1. The van der Waals surface area contributed by atoms with E-state index < -0.39 is 12.7 Å². The Labute approximate surface area is 231 Å². The van der Waals surface area contributed by atoms with Gasteiger partial charge in [0, 0.05) is 24.3 Å². The first-order valence-corrected chi connectivity index (χ1v) is 14.2. The molecule has 0 radical (unpaired) electrons. The molecule has 11 nitrogen and oxygen atoms in total. The van der Waals surface area contributed by atoms with Gasteiger partial charge in [-0.1, -0.05) is 0 Å². The van der Waals surface area contributed by atoms with Crippen molar-refractivity contribution < 1.29 is 58.7 Å². The molecule has 0 spiro atoms. The molecule has 1 fully saturated rings. The molecule has 18 heteroatoms. The Hall–Kier alpha value is -2.95. The predicted octanol–water partition coefficient (Wildman–Crippen LogP) is 6.00. The molecule has 1 heterocycles. The van der Waals surface area contributed by atoms with Gasteiger partial charge in [0.05, 0.1) is 76.3 Å². The van der Waals surface area contributed by atoms with Crippen LogP contribution in [-0.2, 0) is 18.9 Å². The van der Waals surface area contributed by atoms with Gasteiger partial charge in [0.25, 0.3) is 5.69 Å². The Kier molecular flexibility index (Phi) is 12.4. The van der Waals surface area contributed by atoms with Gasteiger partial charge >= 0.3 is 33.0 Å². The number of hydrogen-bond donors (Lipinski definition) is 1. The van der Waals surface area contributed by atoms with Crippen molar-refractivity contribution in [2.45, 2.75) is 0 Å². The van der Waals surface area contributed by atoms with Gasteiger partial charge in [-0.15, -0.1) is 0 Å². The third-order valence-electron chi connectivity index (χ3n) is 5.12. The number of hydrogen-bond acceptors (Lipinski definition) is 9. The summed E-state index contributed by atoms with van der Waals surface area (Å²) in [7, 11) is -9.04. The topological polar surface area (TPSA) is 118 Å². The second kappa shape index (κ2) is 14.8. The summed E-state index contributed by atoms with van der Waals surface area (Å²) in [6.07, 6.45) is 0. The molecule has 1 aliphatic rings. The van der Waals surface area contributed by atoms with Crippen molar-refractivity contribution >= 4 is 30.6 Å². The summed E-state index contributed by atoms with van der Waals surface area (Å²) in [4.78, 5) is 11.5. The summed E-state index contributed by atoms with van der Waals surface area (Å²) in [5.41, 5.74) is 2.11. The van der Waals surface area contributed by atoms with E-state index in [1.54, 1.807) is 19.2 Å². The number of ether oxygens (including phenoxy) is 5. The van der Waals surface area contributed by atoms with E-state index in [1.165, 1.54) is 12.1 Å². The van der Waals surface area contributed by atoms with Crippen molar-refractivity contribution in [3.05, 3.63) is 52.6 Å². The van der Waals surface area contributed by atoms with Crippen molar-refractivity contribution in [2.24, 2.45) is 10.2 Å². The van der Waals surface area contributed by atoms with Crippen molar-refractivity contribution in [3.8, 4) is 5.75 Å². The van der Waals surface area contributed by atoms with Gasteiger partial charge in [-0.05, 0) is 18.2 Å². The average Bonchev–Trinajstić information content (AvgIpc) is 2.90. The SMILES string of the molecule is COc1cc(N=Nc2ccc([N+](=O)[O-])cc2)ccc1[NH+]1CCOCCOCCOCCOCC1.F[P-](F)(F)(F)(F)F. The normalized spacial score (nSPS) is 18.6. The van der Waals surface area contributed by atoms with Crippen molar-refractivity contribution in [3.63, 3.8) is 0 Å². The number of nitro groups is 1. The number of rotatable bonds is 5. The molecule has 232 valence electrons. The maximum absolute atomic E-state index is 10.8. The molecule has 0 amide bonds. The fourth-order valence-electron chi connectivity index (χ4n) is 3.34. The second-order valence-electron chi connectivity index (χ2n) is 8.37. The minimum absolute atomic E-state index is 0.00812. The molecular formula is C23H31F6N4O7P. The zero-order valence-corrected chi connectivity index (χ0v) is 22.9. The Morgan fingerprint density at radius 2 is 1.17 bits per heavy atom. The summed E-state index contributed by atoms with van der Waals surface area (Å²) in [5, 5.41) is 19.2. The number of methoxy groups -OCH3 is 1. The molecule has 3 rings (SSSR count). The first-order chi connectivity index (χ1) is 19.1. The number of quaternary nitrogens is 1. The molecule has 1 saturated heterocycles. The fraction of sp³-hybridized carbons (Fsp3) is 0.478. The predicted molar refractivity (Wildman–Crippen MR) is 137 cm³/mol. The van der Waals surface area contributed by atoms with E-state index in [0.717, 1.165) is 23.7 Å². The van der Waals surface area contributed by atoms with Crippen LogP contribution in [0.3, 0.4) is 0 Å². The number of azo groups is 1. The van der Waals surface area contributed by atoms with Crippen LogP contribution in [0.4, 0.5) is 47.9 Å². The van der Waals surface area contributed by atoms with Crippen LogP contribution in [0.25, 0.3) is 0 Å². The Balaban J connectivity index is 0.000000745. The van der Waals surface area contributed by atoms with Crippen LogP contribution in [0.2, 0.25) is 0 Å². The Morgan fingerprint density at radius 1 is 0.756 bits per heavy atom. The van der Waals surface area contributed by atoms with Crippen molar-refractivity contribution in [1.82, 2.24) is 0 Å². The van der Waals surface area contributed by atoms with E-state index in [0.29, 0.717) is 70.0 Å². The zero-order chi connectivity index (χ0) is 30.4. The van der Waals surface area contributed by atoms with E-state index in [2.05, 4.69) is 10.2 Å². The Morgan fingerprint density at radius 3 is 1.61 bits per heavy atom. The molecule has 0 aromatic heterocycles. The van der Waals surface area contributed by atoms with Crippen LogP contribution < -0.4 is 9.64 Å². The third kappa shape index (κ3) is 16.8. The minimum atomic E-state index is -10.7. The van der Waals surface area contributed by atoms with Gasteiger partial charge in [-0.2, -0.15) is 10.2 Å². The van der Waals surface area contributed by atoms with Gasteiger partial charge in [0.15, 0.2) is 11.4 Å². The van der Waals surface area contributed by atoms with Crippen LogP contribution in [-0.4, -0.2) is 78.0 Å². The van der Waals surface area contributed by atoms with E-state index in [-0.39, 0.29) is 5.69 Å². The molecule has 1 N–H and O–H groups in total. The van der Waals surface area contributed by atoms with Crippen LogP contribution >= 0.6 is 7.81 Å². The summed E-state index contributed by atoms with van der Waals surface area (Å²) >= 11 is 0. The molecule has 0 atom stereocenters. The average molecular weight is 620 g/mol. The number of halogens is 6. The molecule has 0 saturated carbocycles. The number of nitrogens with zero attached hydrogens (tertiary/aromatic N) is 3. The van der Waals surface area contributed by atoms with Gasteiger partial charge in [-0.25, -0.2) is 0 Å². The zero-order valence-electron chi connectivity index (χ0n) is 22.0. The van der Waals surface area contributed by atoms with Gasteiger partial charge < -0.3 is 23.7 Å². The summed E-state index contributed by atoms with van der Waals surface area (Å²) in [6.45, 7) is 5.84. The molecule has 1 aliphatic heterocycles. The van der Waals surface area contributed by atoms with E-state index >= 15 is 0 Å². The molecule has 0 unspecified atom stereocenters. The number of nitro benzene ring substituents is 1. The van der Waals surface area contributed by atoms with Gasteiger partial charge in [0.2, 0.25) is 0 Å². The van der Waals surface area contributed by atoms with E-state index in [1.807, 2.05) is 18.2 Å². The summed E-state index contributed by atoms with van der Waals surface area (Å²) in [5.74, 6) is 0.680. The van der Waals surface area contributed by atoms with Crippen LogP contribution in [0.1, 0.15) is 0 Å². The van der Waals surface area contributed by atoms with Crippen LogP contribution in [0.15, 0.2) is 52.7 Å². The molecule has 41 heavy (non-hydrogen) atoms. The van der Waals surface area contributed by atoms with E-state index in [4.69, 9.17) is 23.7 Å². The first kappa shape index (κ1) is 34.3. The summed E-state index contributed by atoms with van der Waals surface area (Å²) < 4.78 is 87.2. The standard InChI is InChI=1S/C23H30N4O7.F6P/c1-30-23-18-20(25-24-19-2-5-21(6-3-19)27(28)29)4-7-22(23)26-8-10-31-12-14-33-16-17-34-15-13-32-11-9-26;1-7(2,3,4,5)6/h2-7,18H,8-17H2,1H3;/q;-1/p+1. The first-order valence-electron chi connectivity index (χ1n) is 12.2. The quantitative estimate of drug-likeness (QED) is 0.143. The molecular weight excluding hydrogens is 589 g/mol. The molecule has 0 aliphatic carbocycles. The van der Waals surface area contributed by atoms with Crippen LogP contribution in [0, 0.1) is 10.1 Å². The third-order valence-corrected chi connectivity index (χ3v) is 5.12. The van der Waals surface area contributed by atoms with Crippen LogP contribution in [0.5, 0.6) is 5.75 Å². The molecule has 2 aromatic carbocycles. The van der Waals surface area contributed by atoms with E-state index in [9.17, 15) is 35.3 Å². The fourth-order valence-corrected chi connectivity index (χ4v) is 3.34. The number of nitrogens with one attached hydrogen (secondary N) is 1. The van der Waals surface area contributed by atoms with Gasteiger partial charge in [-0.3, -0.25) is 15.0 Å². The van der Waals surface area contributed by atoms with Crippen molar-refractivity contribution in [1.29, 1.82) is 0 Å². The molecule has 0 bridgehead atoms. The van der Waals surface area contributed by atoms with Gasteiger partial charge in [0.1, 0.15) is 13.1 Å². The second-order valence-corrected chi connectivity index (χ2v) is 10.3.